The van der Waals surface area contributed by atoms with Crippen LogP contribution in [0.3, 0.4) is 0 Å². The van der Waals surface area contributed by atoms with Crippen LogP contribution in [0.4, 0.5) is 4.79 Å². The van der Waals surface area contributed by atoms with Gasteiger partial charge in [0.1, 0.15) is 12.4 Å². The van der Waals surface area contributed by atoms with Gasteiger partial charge in [-0.1, -0.05) is 12.1 Å². The van der Waals surface area contributed by atoms with Crippen molar-refractivity contribution in [2.45, 2.75) is 6.61 Å². The number of carbonyl (C=O) groups is 1. The molecule has 1 rings (SSSR count). The number of rotatable bonds is 3. The van der Waals surface area contributed by atoms with E-state index in [1.807, 2.05) is 24.3 Å². The van der Waals surface area contributed by atoms with Gasteiger partial charge in [-0.15, -0.1) is 0 Å². The molecule has 0 fully saturated rings. The van der Waals surface area contributed by atoms with Crippen LogP contribution in [0.2, 0.25) is 0 Å². The molecular weight excluding hydrogens is 236 g/mol. The number of methoxy groups -OCH3 is 1. The molecule has 0 amide bonds. The molecular formula is C9H9BrO3. The lowest BCUT2D eigenvalue weighted by Gasteiger charge is -2.02. The minimum atomic E-state index is -0.455. The van der Waals surface area contributed by atoms with Crippen molar-refractivity contribution in [1.82, 2.24) is 0 Å². The summed E-state index contributed by atoms with van der Waals surface area (Å²) in [4.78, 5) is 9.95. The highest BCUT2D eigenvalue weighted by Gasteiger charge is 1.97. The lowest BCUT2D eigenvalue weighted by molar-refractivity contribution is 0.170. The van der Waals surface area contributed by atoms with Crippen molar-refractivity contribution in [2.24, 2.45) is 0 Å². The molecule has 0 unspecified atom stereocenters. The Morgan fingerprint density at radius 2 is 2.00 bits per heavy atom. The lowest BCUT2D eigenvalue weighted by Crippen LogP contribution is -1.94. The van der Waals surface area contributed by atoms with Crippen molar-refractivity contribution >= 4 is 20.8 Å². The maximum absolute atomic E-state index is 10.4. The Kier molecular flexibility index (Phi) is 3.76. The minimum Gasteiger partial charge on any atom is -0.497 e. The largest absolute Gasteiger partial charge is 0.497 e. The van der Waals surface area contributed by atoms with E-state index < -0.39 is 4.88 Å². The standard InChI is InChI=1S/C9H9BrO3/c1-12-8-4-2-7(3-5-8)6-13-9(10)11/h2-5H,6H2,1H3. The quantitative estimate of drug-likeness (QED) is 0.768. The summed E-state index contributed by atoms with van der Waals surface area (Å²) in [6.07, 6.45) is 0. The van der Waals surface area contributed by atoms with Crippen molar-refractivity contribution in [2.75, 3.05) is 7.11 Å². The van der Waals surface area contributed by atoms with Crippen LogP contribution in [0.15, 0.2) is 24.3 Å². The van der Waals surface area contributed by atoms with E-state index in [4.69, 9.17) is 9.47 Å². The second-order valence-electron chi connectivity index (χ2n) is 2.37. The van der Waals surface area contributed by atoms with Crippen LogP contribution in [-0.4, -0.2) is 12.0 Å². The molecule has 3 nitrogen and oxygen atoms in total. The zero-order valence-corrected chi connectivity index (χ0v) is 8.71. The zero-order valence-electron chi connectivity index (χ0n) is 7.12. The van der Waals surface area contributed by atoms with Gasteiger partial charge in [0.15, 0.2) is 0 Å². The fourth-order valence-electron chi connectivity index (χ4n) is 0.862. The molecule has 0 aromatic heterocycles. The highest BCUT2D eigenvalue weighted by atomic mass is 79.9. The average Bonchev–Trinajstić information content (AvgIpc) is 2.15. The molecule has 0 saturated carbocycles. The Balaban J connectivity index is 2.54. The number of hydrogen-bond acceptors (Lipinski definition) is 3. The molecule has 1 aromatic rings. The molecule has 0 spiro atoms. The number of benzene rings is 1. The highest BCUT2D eigenvalue weighted by Crippen LogP contribution is 2.12. The smallest absolute Gasteiger partial charge is 0.374 e. The number of halogens is 1. The van der Waals surface area contributed by atoms with Gasteiger partial charge in [0.2, 0.25) is 0 Å². The lowest BCUT2D eigenvalue weighted by atomic mass is 10.2. The summed E-state index contributed by atoms with van der Waals surface area (Å²) in [6.45, 7) is 0.272. The van der Waals surface area contributed by atoms with Gasteiger partial charge < -0.3 is 9.47 Å². The molecule has 70 valence electrons. The van der Waals surface area contributed by atoms with Crippen LogP contribution >= 0.6 is 15.9 Å². The van der Waals surface area contributed by atoms with Crippen LogP contribution in [-0.2, 0) is 11.3 Å². The normalized spacial score (nSPS) is 9.38. The molecule has 0 aliphatic rings. The van der Waals surface area contributed by atoms with E-state index in [1.165, 1.54) is 0 Å². The summed E-state index contributed by atoms with van der Waals surface area (Å²) >= 11 is 2.67. The van der Waals surface area contributed by atoms with Crippen LogP contribution in [0.5, 0.6) is 5.75 Å². The maximum Gasteiger partial charge on any atom is 0.374 e. The van der Waals surface area contributed by atoms with Crippen LogP contribution in [0.25, 0.3) is 0 Å². The van der Waals surface area contributed by atoms with Gasteiger partial charge in [-0.05, 0) is 17.7 Å². The van der Waals surface area contributed by atoms with E-state index in [2.05, 4.69) is 15.9 Å². The predicted octanol–water partition coefficient (Wildman–Crippen LogP) is 2.73. The molecule has 0 radical (unpaired) electrons. The summed E-state index contributed by atoms with van der Waals surface area (Å²) < 4.78 is 9.72. The summed E-state index contributed by atoms with van der Waals surface area (Å²) in [5.74, 6) is 0.786. The van der Waals surface area contributed by atoms with Crippen LogP contribution in [0.1, 0.15) is 5.56 Å². The van der Waals surface area contributed by atoms with Gasteiger partial charge in [0.25, 0.3) is 0 Å². The minimum absolute atomic E-state index is 0.272. The summed E-state index contributed by atoms with van der Waals surface area (Å²) in [6, 6.07) is 7.32. The molecule has 0 aliphatic carbocycles. The van der Waals surface area contributed by atoms with Gasteiger partial charge in [0.05, 0.1) is 7.11 Å². The first-order chi connectivity index (χ1) is 6.22. The van der Waals surface area contributed by atoms with Crippen molar-refractivity contribution in [3.05, 3.63) is 29.8 Å². The fraction of sp³-hybridized carbons (Fsp3) is 0.222. The summed E-state index contributed by atoms with van der Waals surface area (Å²) in [7, 11) is 1.60. The van der Waals surface area contributed by atoms with Crippen molar-refractivity contribution in [1.29, 1.82) is 0 Å². The molecule has 0 aliphatic heterocycles. The number of ether oxygens (including phenoxy) is 2. The fourth-order valence-corrected chi connectivity index (χ4v) is 0.976. The topological polar surface area (TPSA) is 35.5 Å². The van der Waals surface area contributed by atoms with Gasteiger partial charge >= 0.3 is 4.88 Å². The Hall–Kier alpha value is -1.03. The molecule has 4 heteroatoms. The van der Waals surface area contributed by atoms with Crippen molar-refractivity contribution in [3.8, 4) is 5.75 Å². The predicted molar refractivity (Wildman–Crippen MR) is 52.1 cm³/mol. The highest BCUT2D eigenvalue weighted by molar-refractivity contribution is 9.18. The number of hydrogen-bond donors (Lipinski definition) is 0. The van der Waals surface area contributed by atoms with E-state index in [1.54, 1.807) is 7.11 Å². The third-order valence-corrected chi connectivity index (χ3v) is 1.74. The average molecular weight is 245 g/mol. The molecule has 1 aromatic carbocycles. The second kappa shape index (κ2) is 4.87. The Labute approximate surface area is 84.8 Å². The third kappa shape index (κ3) is 3.46. The van der Waals surface area contributed by atoms with Gasteiger partial charge in [0, 0.05) is 15.9 Å². The molecule has 13 heavy (non-hydrogen) atoms. The van der Waals surface area contributed by atoms with E-state index in [-0.39, 0.29) is 6.61 Å². The monoisotopic (exact) mass is 244 g/mol. The number of carbonyl (C=O) groups excluding carboxylic acids is 1. The summed E-state index contributed by atoms with van der Waals surface area (Å²) in [5.41, 5.74) is 0.925. The van der Waals surface area contributed by atoms with Crippen molar-refractivity contribution in [3.63, 3.8) is 0 Å². The SMILES string of the molecule is COc1ccc(COC(=O)Br)cc1. The van der Waals surface area contributed by atoms with E-state index in [0.717, 1.165) is 11.3 Å². The van der Waals surface area contributed by atoms with E-state index >= 15 is 0 Å². The first-order valence-electron chi connectivity index (χ1n) is 3.67. The molecule has 0 saturated heterocycles. The van der Waals surface area contributed by atoms with Crippen molar-refractivity contribution < 1.29 is 14.3 Å². The molecule has 0 bridgehead atoms. The van der Waals surface area contributed by atoms with Gasteiger partial charge in [-0.25, -0.2) is 4.79 Å². The third-order valence-electron chi connectivity index (χ3n) is 1.51. The van der Waals surface area contributed by atoms with Crippen LogP contribution in [0, 0.1) is 0 Å². The second-order valence-corrected chi connectivity index (χ2v) is 3.02. The first kappa shape index (κ1) is 10.1. The Bertz CT molecular complexity index is 281. The Morgan fingerprint density at radius 3 is 2.46 bits per heavy atom. The van der Waals surface area contributed by atoms with Gasteiger partial charge in [-0.2, -0.15) is 0 Å². The van der Waals surface area contributed by atoms with E-state index in [9.17, 15) is 4.79 Å². The van der Waals surface area contributed by atoms with E-state index in [0.29, 0.717) is 0 Å². The zero-order chi connectivity index (χ0) is 9.68. The Morgan fingerprint density at radius 1 is 1.38 bits per heavy atom. The summed E-state index contributed by atoms with van der Waals surface area (Å²) in [5, 5.41) is 0. The molecule has 0 N–H and O–H groups in total. The molecule has 0 heterocycles. The molecule has 0 atom stereocenters. The van der Waals surface area contributed by atoms with Crippen LogP contribution < -0.4 is 4.74 Å². The first-order valence-corrected chi connectivity index (χ1v) is 4.47. The van der Waals surface area contributed by atoms with Gasteiger partial charge in [-0.3, -0.25) is 0 Å². The maximum atomic E-state index is 10.4.